The van der Waals surface area contributed by atoms with Crippen molar-refractivity contribution in [2.24, 2.45) is 5.92 Å². The van der Waals surface area contributed by atoms with Crippen LogP contribution in [0.25, 0.3) is 0 Å². The van der Waals surface area contributed by atoms with E-state index in [1.807, 2.05) is 0 Å². The Bertz CT molecular complexity index is 691. The largest absolute Gasteiger partial charge is 0.477 e. The van der Waals surface area contributed by atoms with Crippen molar-refractivity contribution >= 4 is 15.7 Å². The summed E-state index contributed by atoms with van der Waals surface area (Å²) in [6.45, 7) is 0.670. The summed E-state index contributed by atoms with van der Waals surface area (Å²) in [4.78, 5) is 16.2. The number of carbonyl (C=O) groups excluding carboxylic acids is 1. The van der Waals surface area contributed by atoms with Crippen LogP contribution in [0.5, 0.6) is 5.88 Å². The third-order valence-corrected chi connectivity index (χ3v) is 5.58. The molecular formula is C16H20N2O4S. The van der Waals surface area contributed by atoms with Crippen molar-refractivity contribution in [1.82, 2.24) is 10.3 Å². The lowest BCUT2D eigenvalue weighted by molar-refractivity contribution is 0.0947. The molecule has 1 aliphatic carbocycles. The average molecular weight is 336 g/mol. The summed E-state index contributed by atoms with van der Waals surface area (Å²) in [6, 6.07) is 2.83. The highest BCUT2D eigenvalue weighted by Crippen LogP contribution is 2.25. The molecule has 1 fully saturated rings. The van der Waals surface area contributed by atoms with Crippen LogP contribution < -0.4 is 10.1 Å². The minimum absolute atomic E-state index is 0.0885. The second-order valence-electron chi connectivity index (χ2n) is 6.08. The molecule has 23 heavy (non-hydrogen) atoms. The van der Waals surface area contributed by atoms with Crippen molar-refractivity contribution in [2.75, 3.05) is 12.4 Å². The number of nitrogens with one attached hydrogen (secondary N) is 1. The molecule has 3 rings (SSSR count). The van der Waals surface area contributed by atoms with Crippen LogP contribution in [-0.4, -0.2) is 37.7 Å². The van der Waals surface area contributed by atoms with E-state index >= 15 is 0 Å². The number of nitrogens with zero attached hydrogens (tertiary/aromatic N) is 1. The summed E-state index contributed by atoms with van der Waals surface area (Å²) < 4.78 is 28.3. The molecule has 124 valence electrons. The minimum Gasteiger partial charge on any atom is -0.477 e. The SMILES string of the molecule is O=C(NC1C=CS(=O)(=O)C1)c1ccc(OCC2CCCC2)nc1. The maximum atomic E-state index is 12.1. The van der Waals surface area contributed by atoms with E-state index in [2.05, 4.69) is 10.3 Å². The van der Waals surface area contributed by atoms with Gasteiger partial charge in [-0.1, -0.05) is 12.8 Å². The molecule has 0 aromatic carbocycles. The molecule has 2 aliphatic rings. The van der Waals surface area contributed by atoms with Crippen LogP contribution in [0.2, 0.25) is 0 Å². The topological polar surface area (TPSA) is 85.4 Å². The molecule has 1 aliphatic heterocycles. The minimum atomic E-state index is -3.18. The van der Waals surface area contributed by atoms with E-state index in [1.165, 1.54) is 38.0 Å². The average Bonchev–Trinajstić information content (AvgIpc) is 3.15. The van der Waals surface area contributed by atoms with Gasteiger partial charge in [0.2, 0.25) is 5.88 Å². The molecule has 1 amide bonds. The summed E-state index contributed by atoms with van der Waals surface area (Å²) in [5.41, 5.74) is 0.385. The van der Waals surface area contributed by atoms with Gasteiger partial charge < -0.3 is 10.1 Å². The Morgan fingerprint density at radius 3 is 2.70 bits per heavy atom. The fraction of sp³-hybridized carbons (Fsp3) is 0.500. The molecule has 0 spiro atoms. The van der Waals surface area contributed by atoms with Crippen molar-refractivity contribution in [3.05, 3.63) is 35.4 Å². The first-order chi connectivity index (χ1) is 11.0. The standard InChI is InChI=1S/C16H20N2O4S/c19-16(18-14-7-8-23(20,21)11-14)13-5-6-15(17-9-13)22-10-12-3-1-2-4-12/h5-9,12,14H,1-4,10-11H2,(H,18,19). The number of hydrogen-bond acceptors (Lipinski definition) is 5. The van der Waals surface area contributed by atoms with Crippen LogP contribution >= 0.6 is 0 Å². The van der Waals surface area contributed by atoms with Crippen molar-refractivity contribution in [1.29, 1.82) is 0 Å². The van der Waals surface area contributed by atoms with E-state index in [-0.39, 0.29) is 11.7 Å². The lowest BCUT2D eigenvalue weighted by Gasteiger charge is -2.12. The Morgan fingerprint density at radius 2 is 2.09 bits per heavy atom. The molecule has 1 aromatic heterocycles. The monoisotopic (exact) mass is 336 g/mol. The van der Waals surface area contributed by atoms with E-state index in [0.717, 1.165) is 5.41 Å². The number of aromatic nitrogens is 1. The Kier molecular flexibility index (Phi) is 4.66. The second-order valence-corrected chi connectivity index (χ2v) is 8.02. The highest BCUT2D eigenvalue weighted by Gasteiger charge is 2.23. The molecule has 7 heteroatoms. The maximum absolute atomic E-state index is 12.1. The number of pyridine rings is 1. The summed E-state index contributed by atoms with van der Waals surface area (Å²) in [5, 5.41) is 3.80. The molecule has 0 bridgehead atoms. The van der Waals surface area contributed by atoms with Crippen LogP contribution in [0.1, 0.15) is 36.0 Å². The van der Waals surface area contributed by atoms with Crippen LogP contribution in [0, 0.1) is 5.92 Å². The number of hydrogen-bond donors (Lipinski definition) is 1. The summed E-state index contributed by atoms with van der Waals surface area (Å²) in [5.74, 6) is 0.689. The van der Waals surface area contributed by atoms with Crippen molar-refractivity contribution < 1.29 is 17.9 Å². The maximum Gasteiger partial charge on any atom is 0.253 e. The van der Waals surface area contributed by atoms with Gasteiger partial charge >= 0.3 is 0 Å². The molecule has 1 aromatic rings. The molecule has 0 saturated heterocycles. The zero-order valence-corrected chi connectivity index (χ0v) is 13.6. The zero-order chi connectivity index (χ0) is 16.3. The third kappa shape index (κ3) is 4.31. The Balaban J connectivity index is 1.52. The van der Waals surface area contributed by atoms with Gasteiger partial charge in [0.25, 0.3) is 5.91 Å². The van der Waals surface area contributed by atoms with Crippen LogP contribution in [0.3, 0.4) is 0 Å². The van der Waals surface area contributed by atoms with Crippen molar-refractivity contribution in [3.63, 3.8) is 0 Å². The first kappa shape index (κ1) is 16.0. The normalized spacial score (nSPS) is 23.0. The van der Waals surface area contributed by atoms with E-state index < -0.39 is 15.9 Å². The molecule has 1 atom stereocenters. The number of ether oxygens (including phenoxy) is 1. The highest BCUT2D eigenvalue weighted by molar-refractivity contribution is 7.94. The zero-order valence-electron chi connectivity index (χ0n) is 12.8. The predicted octanol–water partition coefficient (Wildman–Crippen LogP) is 1.69. The van der Waals surface area contributed by atoms with Gasteiger partial charge in [-0.05, 0) is 30.9 Å². The fourth-order valence-corrected chi connectivity index (χ4v) is 4.13. The number of rotatable bonds is 5. The predicted molar refractivity (Wildman–Crippen MR) is 85.9 cm³/mol. The third-order valence-electron chi connectivity index (χ3n) is 4.19. The van der Waals surface area contributed by atoms with E-state index in [1.54, 1.807) is 12.1 Å². The Morgan fingerprint density at radius 1 is 1.30 bits per heavy atom. The van der Waals surface area contributed by atoms with Gasteiger partial charge in [0.15, 0.2) is 9.84 Å². The van der Waals surface area contributed by atoms with Gasteiger partial charge in [-0.15, -0.1) is 0 Å². The van der Waals surface area contributed by atoms with Gasteiger partial charge in [0.05, 0.1) is 24.0 Å². The first-order valence-electron chi connectivity index (χ1n) is 7.82. The Labute approximate surface area is 135 Å². The molecule has 1 saturated carbocycles. The van der Waals surface area contributed by atoms with E-state index in [9.17, 15) is 13.2 Å². The molecule has 1 unspecified atom stereocenters. The van der Waals surface area contributed by atoms with Crippen LogP contribution in [-0.2, 0) is 9.84 Å². The number of carbonyl (C=O) groups is 1. The lowest BCUT2D eigenvalue weighted by Crippen LogP contribution is -2.35. The number of sulfone groups is 1. The molecule has 1 N–H and O–H groups in total. The van der Waals surface area contributed by atoms with Crippen LogP contribution in [0.4, 0.5) is 0 Å². The quantitative estimate of drug-likeness (QED) is 0.884. The first-order valence-corrected chi connectivity index (χ1v) is 9.54. The fourth-order valence-electron chi connectivity index (χ4n) is 2.90. The van der Waals surface area contributed by atoms with Crippen molar-refractivity contribution in [3.8, 4) is 5.88 Å². The highest BCUT2D eigenvalue weighted by atomic mass is 32.2. The van der Waals surface area contributed by atoms with Gasteiger partial charge in [-0.25, -0.2) is 13.4 Å². The second kappa shape index (κ2) is 6.70. The Hall–Kier alpha value is -1.89. The van der Waals surface area contributed by atoms with Gasteiger partial charge in [0, 0.05) is 17.7 Å². The van der Waals surface area contributed by atoms with Crippen LogP contribution in [0.15, 0.2) is 29.8 Å². The number of amides is 1. The lowest BCUT2D eigenvalue weighted by atomic mass is 10.1. The van der Waals surface area contributed by atoms with Gasteiger partial charge in [0.1, 0.15) is 0 Å². The smallest absolute Gasteiger partial charge is 0.253 e. The molecular weight excluding hydrogens is 316 g/mol. The molecule has 0 radical (unpaired) electrons. The van der Waals surface area contributed by atoms with Gasteiger partial charge in [-0.3, -0.25) is 4.79 Å². The van der Waals surface area contributed by atoms with Gasteiger partial charge in [-0.2, -0.15) is 0 Å². The summed E-state index contributed by atoms with van der Waals surface area (Å²) in [7, 11) is -3.18. The summed E-state index contributed by atoms with van der Waals surface area (Å²) in [6.07, 6.45) is 7.89. The van der Waals surface area contributed by atoms with E-state index in [0.29, 0.717) is 24.0 Å². The summed E-state index contributed by atoms with van der Waals surface area (Å²) >= 11 is 0. The van der Waals surface area contributed by atoms with Crippen molar-refractivity contribution in [2.45, 2.75) is 31.7 Å². The molecule has 6 nitrogen and oxygen atoms in total. The van der Waals surface area contributed by atoms with E-state index in [4.69, 9.17) is 4.74 Å². The molecule has 2 heterocycles.